The minimum absolute atomic E-state index is 0.258. The van der Waals surface area contributed by atoms with E-state index in [0.29, 0.717) is 6.04 Å². The molecule has 0 spiro atoms. The fourth-order valence-electron chi connectivity index (χ4n) is 8.05. The van der Waals surface area contributed by atoms with Gasteiger partial charge in [0, 0.05) is 34.1 Å². The fourth-order valence-corrected chi connectivity index (χ4v) is 8.05. The van der Waals surface area contributed by atoms with E-state index in [0.717, 1.165) is 29.1 Å². The van der Waals surface area contributed by atoms with Gasteiger partial charge in [-0.2, -0.15) is 0 Å². The molecule has 8 aromatic rings. The van der Waals surface area contributed by atoms with Crippen molar-refractivity contribution in [2.45, 2.75) is 39.2 Å². The fraction of sp³-hybridized carbons (Fsp3) is 0.146. The summed E-state index contributed by atoms with van der Waals surface area (Å²) >= 11 is 0. The lowest BCUT2D eigenvalue weighted by atomic mass is 9.77. The van der Waals surface area contributed by atoms with Crippen LogP contribution in [0.2, 0.25) is 0 Å². The van der Waals surface area contributed by atoms with E-state index >= 15 is 0 Å². The highest BCUT2D eigenvalue weighted by Crippen LogP contribution is 2.44. The van der Waals surface area contributed by atoms with Gasteiger partial charge in [0.2, 0.25) is 0 Å². The summed E-state index contributed by atoms with van der Waals surface area (Å²) in [6, 6.07) is 57.7. The molecule has 0 fully saturated rings. The second-order valence-electron chi connectivity index (χ2n) is 14.7. The van der Waals surface area contributed by atoms with Crippen LogP contribution in [0.25, 0.3) is 49.9 Å². The van der Waals surface area contributed by atoms with E-state index in [4.69, 9.17) is 4.98 Å². The van der Waals surface area contributed by atoms with Gasteiger partial charge in [-0.3, -0.25) is 4.57 Å². The Hall–Kier alpha value is -6.13. The monoisotopic (exact) mass is 674 g/mol. The topological polar surface area (TPSA) is 24.3 Å². The first-order valence-electron chi connectivity index (χ1n) is 18.3. The number of anilines is 3. The molecule has 52 heavy (non-hydrogen) atoms. The summed E-state index contributed by atoms with van der Waals surface area (Å²) in [6.45, 7) is 10.1. The van der Waals surface area contributed by atoms with Crippen LogP contribution < -0.4 is 9.80 Å². The van der Waals surface area contributed by atoms with Crippen molar-refractivity contribution in [2.75, 3.05) is 16.5 Å². The van der Waals surface area contributed by atoms with E-state index < -0.39 is 0 Å². The van der Waals surface area contributed by atoms with Gasteiger partial charge in [0.25, 0.3) is 0 Å². The highest BCUT2D eigenvalue weighted by atomic mass is 15.4. The molecule has 2 aromatic heterocycles. The van der Waals surface area contributed by atoms with Gasteiger partial charge in [0.15, 0.2) is 0 Å². The average molecular weight is 675 g/mol. The Kier molecular flexibility index (Phi) is 7.70. The summed E-state index contributed by atoms with van der Waals surface area (Å²) in [6.07, 6.45) is 1.95. The molecule has 0 N–H and O–H groups in total. The molecule has 1 aliphatic heterocycles. The normalized spacial score (nSPS) is 13.0. The number of nitrogens with zero attached hydrogens (tertiary/aromatic N) is 4. The smallest absolute Gasteiger partial charge is 0.138 e. The maximum Gasteiger partial charge on any atom is 0.138 e. The van der Waals surface area contributed by atoms with Crippen molar-refractivity contribution < 1.29 is 0 Å². The van der Waals surface area contributed by atoms with Gasteiger partial charge in [0.1, 0.15) is 5.82 Å². The third kappa shape index (κ3) is 5.25. The molecule has 0 atom stereocenters. The molecule has 0 amide bonds. The number of benzene rings is 6. The summed E-state index contributed by atoms with van der Waals surface area (Å²) in [4.78, 5) is 9.93. The number of para-hydroxylation sites is 3. The van der Waals surface area contributed by atoms with Crippen molar-refractivity contribution in [1.82, 2.24) is 9.55 Å². The lowest BCUT2D eigenvalue weighted by molar-refractivity contribution is 0.641. The third-order valence-corrected chi connectivity index (χ3v) is 11.0. The maximum atomic E-state index is 5.01. The van der Waals surface area contributed by atoms with Crippen LogP contribution in [0.15, 0.2) is 164 Å². The molecule has 4 nitrogen and oxygen atoms in total. The molecule has 0 aliphatic carbocycles. The Morgan fingerprint density at radius 2 is 1.23 bits per heavy atom. The quantitative estimate of drug-likeness (QED) is 0.168. The standard InChI is InChI=1S/C48H42N4/c1-33(2)50-32-51(45-24-13-12-23-44(45)50)38-18-14-17-36(30-38)48(3,4)37-25-26-42-41-21-10-11-22-43(41)52(46(42)31-37)47-29-35(27-28-49-47)40-20-9-8-19-39(40)34-15-6-5-7-16-34/h5-31,33H,32H2,1-4H3. The van der Waals surface area contributed by atoms with Crippen molar-refractivity contribution in [2.24, 2.45) is 0 Å². The largest absolute Gasteiger partial charge is 0.349 e. The van der Waals surface area contributed by atoms with Gasteiger partial charge >= 0.3 is 0 Å². The molecular weight excluding hydrogens is 633 g/mol. The molecule has 6 aromatic carbocycles. The third-order valence-electron chi connectivity index (χ3n) is 11.0. The van der Waals surface area contributed by atoms with Gasteiger partial charge < -0.3 is 9.80 Å². The molecule has 0 saturated heterocycles. The van der Waals surface area contributed by atoms with Crippen molar-refractivity contribution in [3.8, 4) is 28.1 Å². The zero-order valence-corrected chi connectivity index (χ0v) is 30.2. The second-order valence-corrected chi connectivity index (χ2v) is 14.7. The van der Waals surface area contributed by atoms with Crippen LogP contribution in [0, 0.1) is 0 Å². The van der Waals surface area contributed by atoms with Crippen molar-refractivity contribution in [1.29, 1.82) is 0 Å². The van der Waals surface area contributed by atoms with E-state index in [1.807, 2.05) is 6.20 Å². The predicted octanol–water partition coefficient (Wildman–Crippen LogP) is 12.2. The summed E-state index contributed by atoms with van der Waals surface area (Å²) in [7, 11) is 0. The Morgan fingerprint density at radius 1 is 0.558 bits per heavy atom. The van der Waals surface area contributed by atoms with Gasteiger partial charge in [-0.15, -0.1) is 0 Å². The predicted molar refractivity (Wildman–Crippen MR) is 219 cm³/mol. The molecular formula is C48H42N4. The molecule has 0 unspecified atom stereocenters. The van der Waals surface area contributed by atoms with E-state index in [1.165, 1.54) is 55.7 Å². The number of pyridine rings is 1. The lowest BCUT2D eigenvalue weighted by Gasteiger charge is -2.29. The van der Waals surface area contributed by atoms with Crippen LogP contribution in [0.4, 0.5) is 17.1 Å². The maximum absolute atomic E-state index is 5.01. The number of aromatic nitrogens is 2. The molecule has 254 valence electrons. The average Bonchev–Trinajstić information content (AvgIpc) is 3.75. The van der Waals surface area contributed by atoms with Gasteiger partial charge in [-0.25, -0.2) is 4.98 Å². The summed E-state index contributed by atoms with van der Waals surface area (Å²) < 4.78 is 2.34. The molecule has 9 rings (SSSR count). The second kappa shape index (κ2) is 12.6. The summed E-state index contributed by atoms with van der Waals surface area (Å²) in [5.41, 5.74) is 13.1. The Bertz CT molecular complexity index is 2580. The zero-order chi connectivity index (χ0) is 35.4. The van der Waals surface area contributed by atoms with Crippen molar-refractivity contribution in [3.63, 3.8) is 0 Å². The molecule has 1 aliphatic rings. The van der Waals surface area contributed by atoms with Crippen molar-refractivity contribution >= 4 is 38.9 Å². The molecule has 0 saturated carbocycles. The van der Waals surface area contributed by atoms with Crippen LogP contribution in [-0.4, -0.2) is 22.3 Å². The van der Waals surface area contributed by atoms with E-state index in [-0.39, 0.29) is 5.41 Å². The minimum atomic E-state index is -0.258. The van der Waals surface area contributed by atoms with Gasteiger partial charge in [0.05, 0.1) is 29.1 Å². The number of hydrogen-bond acceptors (Lipinski definition) is 3. The minimum Gasteiger partial charge on any atom is -0.349 e. The number of hydrogen-bond donors (Lipinski definition) is 0. The van der Waals surface area contributed by atoms with Crippen LogP contribution in [0.1, 0.15) is 38.8 Å². The van der Waals surface area contributed by atoms with E-state index in [2.05, 4.69) is 200 Å². The Labute approximate surface area is 306 Å². The lowest BCUT2D eigenvalue weighted by Crippen LogP contribution is -2.33. The van der Waals surface area contributed by atoms with Crippen LogP contribution in [0.3, 0.4) is 0 Å². The first kappa shape index (κ1) is 31.8. The van der Waals surface area contributed by atoms with Gasteiger partial charge in [-0.1, -0.05) is 123 Å². The zero-order valence-electron chi connectivity index (χ0n) is 30.2. The molecule has 0 radical (unpaired) electrons. The Balaban J connectivity index is 1.15. The Morgan fingerprint density at radius 3 is 2.04 bits per heavy atom. The van der Waals surface area contributed by atoms with Gasteiger partial charge in [-0.05, 0) is 95.8 Å². The summed E-state index contributed by atoms with van der Waals surface area (Å²) in [5.74, 6) is 0.908. The molecule has 4 heteroatoms. The SMILES string of the molecule is CC(C)N1CN(c2cccc(C(C)(C)c3ccc4c5ccccc5n(-c5cc(-c6ccccc6-c6ccccc6)ccn5)c4c3)c2)c2ccccc21. The summed E-state index contributed by atoms with van der Waals surface area (Å²) in [5, 5.41) is 2.45. The van der Waals surface area contributed by atoms with Crippen LogP contribution in [0.5, 0.6) is 0 Å². The van der Waals surface area contributed by atoms with Crippen molar-refractivity contribution in [3.05, 3.63) is 175 Å². The number of fused-ring (bicyclic) bond motifs is 4. The van der Waals surface area contributed by atoms with Crippen LogP contribution in [-0.2, 0) is 5.41 Å². The van der Waals surface area contributed by atoms with E-state index in [9.17, 15) is 0 Å². The molecule has 0 bridgehead atoms. The highest BCUT2D eigenvalue weighted by molar-refractivity contribution is 6.09. The van der Waals surface area contributed by atoms with Crippen LogP contribution >= 0.6 is 0 Å². The highest BCUT2D eigenvalue weighted by Gasteiger charge is 2.30. The number of rotatable bonds is 7. The first-order chi connectivity index (χ1) is 25.4. The molecule has 3 heterocycles. The van der Waals surface area contributed by atoms with E-state index in [1.54, 1.807) is 0 Å². The first-order valence-corrected chi connectivity index (χ1v) is 18.3.